The van der Waals surface area contributed by atoms with Gasteiger partial charge >= 0.3 is 0 Å². The van der Waals surface area contributed by atoms with Crippen molar-refractivity contribution in [1.29, 1.82) is 0 Å². The van der Waals surface area contributed by atoms with Crippen molar-refractivity contribution in [3.05, 3.63) is 83.3 Å². The Bertz CT molecular complexity index is 1500. The number of nitrogens with one attached hydrogen (secondary N) is 1. The second-order valence-electron chi connectivity index (χ2n) is 10.0. The fourth-order valence-electron chi connectivity index (χ4n) is 4.75. The van der Waals surface area contributed by atoms with Crippen LogP contribution in [0.25, 0.3) is 10.9 Å². The lowest BCUT2D eigenvalue weighted by Crippen LogP contribution is -2.19. The summed E-state index contributed by atoms with van der Waals surface area (Å²) in [5.41, 5.74) is 5.65. The normalized spacial score (nSPS) is 11.3. The number of aromatic nitrogens is 4. The van der Waals surface area contributed by atoms with Crippen LogP contribution in [0.5, 0.6) is 0 Å². The van der Waals surface area contributed by atoms with E-state index in [-0.39, 0.29) is 23.9 Å². The van der Waals surface area contributed by atoms with E-state index in [1.165, 1.54) is 11.8 Å². The van der Waals surface area contributed by atoms with Gasteiger partial charge in [0.25, 0.3) is 0 Å². The van der Waals surface area contributed by atoms with E-state index >= 15 is 0 Å². The first-order chi connectivity index (χ1) is 18.2. The van der Waals surface area contributed by atoms with Crippen molar-refractivity contribution in [2.75, 3.05) is 11.1 Å². The number of Topliss-reactive ketones (excluding diaryl/α,β-unsaturated/α-hetero) is 1. The first-order valence-electron chi connectivity index (χ1n) is 12.8. The predicted octanol–water partition coefficient (Wildman–Crippen LogP) is 6.16. The standard InChI is InChI=1S/C30H35N5O2S/c1-7-14-34-22(6)29(23-10-8-9-11-25(23)34)26(36)18-38-30-33-32-27(35(30)17-19(2)3)16-28(37)31-24-13-12-20(4)15-21(24)5/h7-13,15,19H,1,14,16-18H2,2-6H3,(H,31,37). The van der Waals surface area contributed by atoms with E-state index in [0.717, 1.165) is 39.0 Å². The Morgan fingerprint density at radius 1 is 1.08 bits per heavy atom. The van der Waals surface area contributed by atoms with Crippen molar-refractivity contribution in [3.63, 3.8) is 0 Å². The maximum absolute atomic E-state index is 13.5. The van der Waals surface area contributed by atoms with Gasteiger partial charge in [0.2, 0.25) is 5.91 Å². The quantitative estimate of drug-likeness (QED) is 0.143. The molecule has 0 saturated carbocycles. The predicted molar refractivity (Wildman–Crippen MR) is 155 cm³/mol. The van der Waals surface area contributed by atoms with E-state index in [4.69, 9.17) is 0 Å². The van der Waals surface area contributed by atoms with Crippen LogP contribution in [-0.2, 0) is 24.3 Å². The summed E-state index contributed by atoms with van der Waals surface area (Å²) in [5, 5.41) is 13.3. The number of nitrogens with zero attached hydrogens (tertiary/aromatic N) is 4. The minimum atomic E-state index is -0.146. The third kappa shape index (κ3) is 5.91. The van der Waals surface area contributed by atoms with E-state index in [9.17, 15) is 9.59 Å². The number of hydrogen-bond acceptors (Lipinski definition) is 5. The lowest BCUT2D eigenvalue weighted by molar-refractivity contribution is -0.115. The minimum Gasteiger partial charge on any atom is -0.340 e. The second-order valence-corrected chi connectivity index (χ2v) is 11.0. The highest BCUT2D eigenvalue weighted by molar-refractivity contribution is 7.99. The topological polar surface area (TPSA) is 81.8 Å². The Labute approximate surface area is 228 Å². The maximum atomic E-state index is 13.5. The maximum Gasteiger partial charge on any atom is 0.232 e. The number of para-hydroxylation sites is 1. The summed E-state index contributed by atoms with van der Waals surface area (Å²) >= 11 is 1.37. The number of ketones is 1. The number of rotatable bonds is 11. The third-order valence-corrected chi connectivity index (χ3v) is 7.44. The van der Waals surface area contributed by atoms with Crippen LogP contribution >= 0.6 is 11.8 Å². The van der Waals surface area contributed by atoms with Crippen LogP contribution in [-0.4, -0.2) is 36.8 Å². The van der Waals surface area contributed by atoms with E-state index in [2.05, 4.69) is 40.5 Å². The molecule has 0 fully saturated rings. The van der Waals surface area contributed by atoms with E-state index in [0.29, 0.717) is 30.0 Å². The molecule has 0 radical (unpaired) electrons. The lowest BCUT2D eigenvalue weighted by atomic mass is 10.1. The molecule has 2 aromatic heterocycles. The van der Waals surface area contributed by atoms with Gasteiger partial charge in [-0.25, -0.2) is 0 Å². The molecule has 38 heavy (non-hydrogen) atoms. The molecule has 4 aromatic rings. The lowest BCUT2D eigenvalue weighted by Gasteiger charge is -2.13. The number of benzene rings is 2. The molecule has 0 atom stereocenters. The largest absolute Gasteiger partial charge is 0.340 e. The molecule has 0 bridgehead atoms. The average molecular weight is 530 g/mol. The molecular formula is C30H35N5O2S. The van der Waals surface area contributed by atoms with Gasteiger partial charge in [0.15, 0.2) is 10.9 Å². The SMILES string of the molecule is C=CCn1c(C)c(C(=O)CSc2nnc(CC(=O)Nc3ccc(C)cc3C)n2CC(C)C)c2ccccc21. The summed E-state index contributed by atoms with van der Waals surface area (Å²) in [6.45, 7) is 15.4. The Balaban J connectivity index is 1.53. The summed E-state index contributed by atoms with van der Waals surface area (Å²) in [7, 11) is 0. The van der Waals surface area contributed by atoms with E-state index in [1.54, 1.807) is 0 Å². The summed E-state index contributed by atoms with van der Waals surface area (Å²) < 4.78 is 4.09. The van der Waals surface area contributed by atoms with Crippen molar-refractivity contribution >= 4 is 40.0 Å². The van der Waals surface area contributed by atoms with Gasteiger partial charge < -0.3 is 14.5 Å². The van der Waals surface area contributed by atoms with Gasteiger partial charge in [-0.2, -0.15) is 0 Å². The molecule has 198 valence electrons. The number of carbonyl (C=O) groups is 2. The van der Waals surface area contributed by atoms with Crippen LogP contribution < -0.4 is 5.32 Å². The number of aryl methyl sites for hydroxylation is 2. The number of allylic oxidation sites excluding steroid dienone is 1. The molecule has 0 saturated heterocycles. The van der Waals surface area contributed by atoms with Crippen LogP contribution in [0.3, 0.4) is 0 Å². The molecule has 1 N–H and O–H groups in total. The zero-order valence-corrected chi connectivity index (χ0v) is 23.6. The van der Waals surface area contributed by atoms with Crippen molar-refractivity contribution < 1.29 is 9.59 Å². The fraction of sp³-hybridized carbons (Fsp3) is 0.333. The molecule has 0 aliphatic heterocycles. The number of hydrogen-bond donors (Lipinski definition) is 1. The monoisotopic (exact) mass is 529 g/mol. The molecule has 2 heterocycles. The van der Waals surface area contributed by atoms with E-state index in [1.807, 2.05) is 73.9 Å². The van der Waals surface area contributed by atoms with Crippen molar-refractivity contribution in [2.24, 2.45) is 5.92 Å². The molecule has 0 unspecified atom stereocenters. The Hall–Kier alpha value is -3.65. The Morgan fingerprint density at radius 2 is 1.84 bits per heavy atom. The van der Waals surface area contributed by atoms with Gasteiger partial charge in [-0.1, -0.05) is 67.6 Å². The number of carbonyl (C=O) groups excluding carboxylic acids is 2. The van der Waals surface area contributed by atoms with Crippen LogP contribution in [0, 0.1) is 26.7 Å². The minimum absolute atomic E-state index is 0.0414. The summed E-state index contributed by atoms with van der Waals surface area (Å²) in [6.07, 6.45) is 1.95. The molecule has 0 aliphatic carbocycles. The summed E-state index contributed by atoms with van der Waals surface area (Å²) in [6, 6.07) is 13.9. The molecule has 1 amide bonds. The van der Waals surface area contributed by atoms with Crippen LogP contribution in [0.4, 0.5) is 5.69 Å². The summed E-state index contributed by atoms with van der Waals surface area (Å²) in [5.74, 6) is 1.04. The van der Waals surface area contributed by atoms with Gasteiger partial charge in [0.1, 0.15) is 5.82 Å². The first-order valence-corrected chi connectivity index (χ1v) is 13.8. The van der Waals surface area contributed by atoms with Crippen molar-refractivity contribution in [1.82, 2.24) is 19.3 Å². The van der Waals surface area contributed by atoms with E-state index < -0.39 is 0 Å². The van der Waals surface area contributed by atoms with Crippen molar-refractivity contribution in [3.8, 4) is 0 Å². The molecule has 4 rings (SSSR count). The van der Waals surface area contributed by atoms with Gasteiger partial charge in [0.05, 0.1) is 12.2 Å². The van der Waals surface area contributed by atoms with Gasteiger partial charge in [-0.3, -0.25) is 9.59 Å². The van der Waals surface area contributed by atoms with Gasteiger partial charge in [-0.05, 0) is 44.4 Å². The number of amides is 1. The third-order valence-electron chi connectivity index (χ3n) is 6.47. The smallest absolute Gasteiger partial charge is 0.232 e. The highest BCUT2D eigenvalue weighted by atomic mass is 32.2. The fourth-order valence-corrected chi connectivity index (χ4v) is 5.59. The zero-order valence-electron chi connectivity index (χ0n) is 22.7. The number of thioether (sulfide) groups is 1. The molecule has 8 heteroatoms. The van der Waals surface area contributed by atoms with Crippen LogP contribution in [0.1, 0.15) is 46.9 Å². The first kappa shape index (κ1) is 27.4. The van der Waals surface area contributed by atoms with Crippen LogP contribution in [0.2, 0.25) is 0 Å². The number of fused-ring (bicyclic) bond motifs is 1. The average Bonchev–Trinajstić information content (AvgIpc) is 3.36. The molecule has 0 aliphatic rings. The number of anilines is 1. The van der Waals surface area contributed by atoms with Gasteiger partial charge in [-0.15, -0.1) is 16.8 Å². The highest BCUT2D eigenvalue weighted by Crippen LogP contribution is 2.29. The molecule has 0 spiro atoms. The van der Waals surface area contributed by atoms with Crippen molar-refractivity contribution in [2.45, 2.75) is 59.3 Å². The Morgan fingerprint density at radius 3 is 2.55 bits per heavy atom. The highest BCUT2D eigenvalue weighted by Gasteiger charge is 2.22. The van der Waals surface area contributed by atoms with Crippen LogP contribution in [0.15, 0.2) is 60.3 Å². The Kier molecular flexibility index (Phi) is 8.52. The summed E-state index contributed by atoms with van der Waals surface area (Å²) in [4.78, 5) is 26.3. The second kappa shape index (κ2) is 11.8. The molecular weight excluding hydrogens is 494 g/mol. The zero-order chi connectivity index (χ0) is 27.4. The molecule has 7 nitrogen and oxygen atoms in total. The van der Waals surface area contributed by atoms with Gasteiger partial charge in [0, 0.05) is 40.9 Å². The molecule has 2 aromatic carbocycles.